The van der Waals surface area contributed by atoms with E-state index in [1.165, 1.54) is 12.1 Å². The Morgan fingerprint density at radius 3 is 2.58 bits per heavy atom. The summed E-state index contributed by atoms with van der Waals surface area (Å²) in [5.74, 6) is 0.272. The Bertz CT molecular complexity index is 556. The van der Waals surface area contributed by atoms with Crippen LogP contribution in [0.1, 0.15) is 32.8 Å². The first-order valence-electron chi connectivity index (χ1n) is 6.20. The second kappa shape index (κ2) is 6.45. The highest BCUT2D eigenvalue weighted by Gasteiger charge is 2.20. The van der Waals surface area contributed by atoms with Crippen LogP contribution in [0.25, 0.3) is 0 Å². The van der Waals surface area contributed by atoms with E-state index in [1.54, 1.807) is 12.1 Å². The number of hydrogen-bond donors (Lipinski definition) is 2. The highest BCUT2D eigenvalue weighted by atomic mass is 32.2. The van der Waals surface area contributed by atoms with Gasteiger partial charge in [0.1, 0.15) is 4.99 Å². The number of rotatable bonds is 6. The van der Waals surface area contributed by atoms with E-state index in [0.717, 1.165) is 6.42 Å². The zero-order valence-electron chi connectivity index (χ0n) is 11.4. The van der Waals surface area contributed by atoms with Gasteiger partial charge in [-0.25, -0.2) is 13.1 Å². The van der Waals surface area contributed by atoms with E-state index in [0.29, 0.717) is 5.56 Å². The fourth-order valence-electron chi connectivity index (χ4n) is 1.60. The minimum atomic E-state index is -3.54. The Labute approximate surface area is 120 Å². The monoisotopic (exact) mass is 300 g/mol. The lowest BCUT2D eigenvalue weighted by atomic mass is 10.0. The van der Waals surface area contributed by atoms with Crippen LogP contribution in [0.5, 0.6) is 0 Å². The molecule has 0 aliphatic rings. The quantitative estimate of drug-likeness (QED) is 0.789. The zero-order chi connectivity index (χ0) is 14.6. The zero-order valence-corrected chi connectivity index (χ0v) is 13.0. The van der Waals surface area contributed by atoms with Crippen LogP contribution >= 0.6 is 12.2 Å². The Balaban J connectivity index is 3.01. The van der Waals surface area contributed by atoms with Crippen molar-refractivity contribution in [2.75, 3.05) is 0 Å². The third-order valence-electron chi connectivity index (χ3n) is 3.27. The molecule has 2 unspecified atom stereocenters. The molecule has 0 radical (unpaired) electrons. The van der Waals surface area contributed by atoms with E-state index in [-0.39, 0.29) is 21.8 Å². The van der Waals surface area contributed by atoms with Crippen LogP contribution in [0, 0.1) is 5.92 Å². The number of nitrogens with two attached hydrogens (primary N) is 1. The molecular weight excluding hydrogens is 280 g/mol. The molecule has 2 atom stereocenters. The molecule has 106 valence electrons. The molecule has 1 aromatic carbocycles. The van der Waals surface area contributed by atoms with Crippen molar-refractivity contribution < 1.29 is 8.42 Å². The normalized spacial score (nSPS) is 14.9. The van der Waals surface area contributed by atoms with Crippen molar-refractivity contribution in [1.82, 2.24) is 4.72 Å². The lowest BCUT2D eigenvalue weighted by Gasteiger charge is -2.20. The lowest BCUT2D eigenvalue weighted by Crippen LogP contribution is -2.36. The maximum absolute atomic E-state index is 12.2. The van der Waals surface area contributed by atoms with Crippen LogP contribution in [0.15, 0.2) is 29.2 Å². The van der Waals surface area contributed by atoms with Gasteiger partial charge in [0.15, 0.2) is 0 Å². The predicted molar refractivity (Wildman–Crippen MR) is 81.6 cm³/mol. The van der Waals surface area contributed by atoms with Gasteiger partial charge in [0.05, 0.1) is 4.90 Å². The maximum atomic E-state index is 12.2. The standard InChI is InChI=1S/C13H20N2O2S2/c1-4-9(2)10(3)15-19(16,17)12-7-5-6-11(8-12)13(14)18/h5-10,15H,4H2,1-3H3,(H2,14,18). The number of nitrogens with one attached hydrogen (secondary N) is 1. The third-order valence-corrected chi connectivity index (χ3v) is 5.06. The van der Waals surface area contributed by atoms with Crippen molar-refractivity contribution in [1.29, 1.82) is 0 Å². The second-order valence-electron chi connectivity index (χ2n) is 4.69. The van der Waals surface area contributed by atoms with Gasteiger partial charge in [-0.05, 0) is 25.0 Å². The molecule has 6 heteroatoms. The van der Waals surface area contributed by atoms with E-state index < -0.39 is 10.0 Å². The van der Waals surface area contributed by atoms with Gasteiger partial charge in [0.2, 0.25) is 10.0 Å². The Morgan fingerprint density at radius 1 is 1.42 bits per heavy atom. The van der Waals surface area contributed by atoms with Crippen LogP contribution in [0.3, 0.4) is 0 Å². The minimum absolute atomic E-state index is 0.122. The Morgan fingerprint density at radius 2 is 2.05 bits per heavy atom. The van der Waals surface area contributed by atoms with E-state index in [9.17, 15) is 8.42 Å². The van der Waals surface area contributed by atoms with Gasteiger partial charge in [-0.1, -0.05) is 44.6 Å². The molecule has 0 spiro atoms. The summed E-state index contributed by atoms with van der Waals surface area (Å²) >= 11 is 4.86. The summed E-state index contributed by atoms with van der Waals surface area (Å²) in [6.45, 7) is 5.91. The fraction of sp³-hybridized carbons (Fsp3) is 0.462. The van der Waals surface area contributed by atoms with Gasteiger partial charge in [0.25, 0.3) is 0 Å². The molecule has 0 aliphatic carbocycles. The molecule has 0 aromatic heterocycles. The summed E-state index contributed by atoms with van der Waals surface area (Å²) in [6.07, 6.45) is 0.913. The van der Waals surface area contributed by atoms with Crippen molar-refractivity contribution in [3.8, 4) is 0 Å². The highest BCUT2D eigenvalue weighted by Crippen LogP contribution is 2.15. The van der Waals surface area contributed by atoms with E-state index in [4.69, 9.17) is 18.0 Å². The summed E-state index contributed by atoms with van der Waals surface area (Å²) in [7, 11) is -3.54. The minimum Gasteiger partial charge on any atom is -0.389 e. The molecule has 1 rings (SSSR count). The van der Waals surface area contributed by atoms with Crippen LogP contribution in [0.4, 0.5) is 0 Å². The Hall–Kier alpha value is -0.980. The average molecular weight is 300 g/mol. The lowest BCUT2D eigenvalue weighted by molar-refractivity contribution is 0.434. The van der Waals surface area contributed by atoms with E-state index in [2.05, 4.69) is 4.72 Å². The van der Waals surface area contributed by atoms with Crippen molar-refractivity contribution in [3.63, 3.8) is 0 Å². The molecule has 4 nitrogen and oxygen atoms in total. The number of thiocarbonyl (C=S) groups is 1. The summed E-state index contributed by atoms with van der Waals surface area (Å²) in [5, 5.41) is 0. The van der Waals surface area contributed by atoms with Gasteiger partial charge in [-0.3, -0.25) is 0 Å². The molecule has 1 aromatic rings. The molecule has 0 saturated carbocycles. The van der Waals surface area contributed by atoms with Crippen LogP contribution in [-0.4, -0.2) is 19.4 Å². The fourth-order valence-corrected chi connectivity index (χ4v) is 3.12. The molecule has 0 saturated heterocycles. The largest absolute Gasteiger partial charge is 0.389 e. The van der Waals surface area contributed by atoms with Gasteiger partial charge in [-0.2, -0.15) is 0 Å². The average Bonchev–Trinajstić information content (AvgIpc) is 2.37. The Kier molecular flexibility index (Phi) is 5.46. The van der Waals surface area contributed by atoms with E-state index >= 15 is 0 Å². The summed E-state index contributed by atoms with van der Waals surface area (Å²) in [4.78, 5) is 0.375. The predicted octanol–water partition coefficient (Wildman–Crippen LogP) is 2.03. The molecular formula is C13H20N2O2S2. The molecule has 0 bridgehead atoms. The van der Waals surface area contributed by atoms with Crippen LogP contribution in [0.2, 0.25) is 0 Å². The molecule has 0 heterocycles. The van der Waals surface area contributed by atoms with Gasteiger partial charge in [-0.15, -0.1) is 0 Å². The number of benzene rings is 1. The maximum Gasteiger partial charge on any atom is 0.240 e. The summed E-state index contributed by atoms with van der Waals surface area (Å²) < 4.78 is 27.2. The van der Waals surface area contributed by atoms with Gasteiger partial charge in [0, 0.05) is 11.6 Å². The van der Waals surface area contributed by atoms with E-state index in [1.807, 2.05) is 20.8 Å². The van der Waals surface area contributed by atoms with Gasteiger partial charge < -0.3 is 5.73 Å². The third kappa shape index (κ3) is 4.26. The van der Waals surface area contributed by atoms with Crippen molar-refractivity contribution >= 4 is 27.2 Å². The molecule has 0 aliphatic heterocycles. The first-order chi connectivity index (χ1) is 8.77. The molecule has 0 fully saturated rings. The molecule has 3 N–H and O–H groups in total. The van der Waals surface area contributed by atoms with Crippen molar-refractivity contribution in [3.05, 3.63) is 29.8 Å². The smallest absolute Gasteiger partial charge is 0.240 e. The molecule has 19 heavy (non-hydrogen) atoms. The van der Waals surface area contributed by atoms with Crippen LogP contribution < -0.4 is 10.5 Å². The SMILES string of the molecule is CCC(C)C(C)NS(=O)(=O)c1cccc(C(N)=S)c1. The second-order valence-corrected chi connectivity index (χ2v) is 6.84. The number of hydrogen-bond acceptors (Lipinski definition) is 3. The first-order valence-corrected chi connectivity index (χ1v) is 8.09. The summed E-state index contributed by atoms with van der Waals surface area (Å²) in [6, 6.07) is 6.24. The van der Waals surface area contributed by atoms with Gasteiger partial charge >= 0.3 is 0 Å². The van der Waals surface area contributed by atoms with Crippen molar-refractivity contribution in [2.45, 2.75) is 38.1 Å². The van der Waals surface area contributed by atoms with Crippen LogP contribution in [-0.2, 0) is 10.0 Å². The first kappa shape index (κ1) is 16.1. The molecule has 0 amide bonds. The number of sulfonamides is 1. The topological polar surface area (TPSA) is 72.2 Å². The highest BCUT2D eigenvalue weighted by molar-refractivity contribution is 7.89. The summed E-state index contributed by atoms with van der Waals surface area (Å²) in [5.41, 5.74) is 6.06. The van der Waals surface area contributed by atoms with Crippen molar-refractivity contribution in [2.24, 2.45) is 11.7 Å².